The first kappa shape index (κ1) is 22.7. The molecule has 1 atom stereocenters. The first-order chi connectivity index (χ1) is 16.5. The zero-order valence-electron chi connectivity index (χ0n) is 18.0. The monoisotopic (exact) mass is 456 g/mol. The summed E-state index contributed by atoms with van der Waals surface area (Å²) in [6, 6.07) is 26.6. The number of carbonyl (C=O) groups is 3. The highest BCUT2D eigenvalue weighted by Gasteiger charge is 2.25. The molecule has 7 heteroatoms. The minimum absolute atomic E-state index is 0.355. The van der Waals surface area contributed by atoms with Crippen LogP contribution in [0.2, 0.25) is 0 Å². The third-order valence-corrected chi connectivity index (χ3v) is 5.11. The molecule has 2 amide bonds. The van der Waals surface area contributed by atoms with Crippen LogP contribution in [0, 0.1) is 5.82 Å². The molecule has 0 spiro atoms. The van der Waals surface area contributed by atoms with E-state index < -0.39 is 36.2 Å². The second-order valence-corrected chi connectivity index (χ2v) is 7.52. The molecule has 170 valence electrons. The predicted octanol–water partition coefficient (Wildman–Crippen LogP) is 4.63. The Balaban J connectivity index is 1.42. The lowest BCUT2D eigenvalue weighted by Gasteiger charge is -2.18. The van der Waals surface area contributed by atoms with Crippen molar-refractivity contribution in [3.05, 3.63) is 114 Å². The van der Waals surface area contributed by atoms with E-state index in [0.29, 0.717) is 16.8 Å². The maximum absolute atomic E-state index is 13.2. The number of amides is 2. The smallest absolute Gasteiger partial charge is 0.326 e. The number of nitrogens with one attached hydrogen (secondary N) is 2. The van der Waals surface area contributed by atoms with E-state index in [1.54, 1.807) is 42.5 Å². The first-order valence-corrected chi connectivity index (χ1v) is 10.6. The van der Waals surface area contributed by atoms with Crippen LogP contribution in [0.4, 0.5) is 10.1 Å². The van der Waals surface area contributed by atoms with Gasteiger partial charge in [0, 0.05) is 16.8 Å². The van der Waals surface area contributed by atoms with Crippen LogP contribution in [-0.4, -0.2) is 24.3 Å². The van der Waals surface area contributed by atoms with Crippen molar-refractivity contribution in [1.82, 2.24) is 5.32 Å². The summed E-state index contributed by atoms with van der Waals surface area (Å²) in [5.41, 5.74) is 1.21. The SMILES string of the molecule is O=C(CNC(=O)c1ccc2ccccc2c1)OC(C(=O)Nc1ccc(F)cc1)c1ccccc1. The van der Waals surface area contributed by atoms with Crippen LogP contribution in [0.1, 0.15) is 22.0 Å². The minimum Gasteiger partial charge on any atom is -0.446 e. The quantitative estimate of drug-likeness (QED) is 0.397. The van der Waals surface area contributed by atoms with Crippen molar-refractivity contribution >= 4 is 34.2 Å². The molecule has 0 saturated carbocycles. The molecule has 0 aliphatic carbocycles. The molecule has 0 aromatic heterocycles. The molecule has 0 aliphatic heterocycles. The molecule has 0 saturated heterocycles. The summed E-state index contributed by atoms with van der Waals surface area (Å²) in [4.78, 5) is 37.9. The molecule has 0 heterocycles. The van der Waals surface area contributed by atoms with E-state index in [1.807, 2.05) is 30.3 Å². The number of hydrogen-bond acceptors (Lipinski definition) is 4. The molecule has 4 rings (SSSR count). The molecule has 1 unspecified atom stereocenters. The van der Waals surface area contributed by atoms with Crippen molar-refractivity contribution in [3.8, 4) is 0 Å². The van der Waals surface area contributed by atoms with Gasteiger partial charge < -0.3 is 15.4 Å². The van der Waals surface area contributed by atoms with Crippen LogP contribution >= 0.6 is 0 Å². The lowest BCUT2D eigenvalue weighted by Crippen LogP contribution is -2.33. The number of carbonyl (C=O) groups excluding carboxylic acids is 3. The lowest BCUT2D eigenvalue weighted by atomic mass is 10.1. The Morgan fingerprint density at radius 2 is 1.47 bits per heavy atom. The van der Waals surface area contributed by atoms with Gasteiger partial charge in [-0.3, -0.25) is 14.4 Å². The van der Waals surface area contributed by atoms with Crippen molar-refractivity contribution in [2.24, 2.45) is 0 Å². The van der Waals surface area contributed by atoms with Crippen molar-refractivity contribution < 1.29 is 23.5 Å². The van der Waals surface area contributed by atoms with Gasteiger partial charge in [-0.25, -0.2) is 4.39 Å². The highest BCUT2D eigenvalue weighted by atomic mass is 19.1. The van der Waals surface area contributed by atoms with Gasteiger partial charge >= 0.3 is 5.97 Å². The number of hydrogen-bond donors (Lipinski definition) is 2. The fourth-order valence-corrected chi connectivity index (χ4v) is 3.40. The molecule has 0 bridgehead atoms. The highest BCUT2D eigenvalue weighted by molar-refractivity contribution is 6.00. The van der Waals surface area contributed by atoms with Gasteiger partial charge in [-0.05, 0) is 47.2 Å². The molecule has 2 N–H and O–H groups in total. The average Bonchev–Trinajstić information content (AvgIpc) is 2.87. The number of benzene rings is 4. The summed E-state index contributed by atoms with van der Waals surface area (Å²) in [6.45, 7) is -0.418. The van der Waals surface area contributed by atoms with Crippen LogP contribution in [-0.2, 0) is 14.3 Å². The van der Waals surface area contributed by atoms with E-state index in [9.17, 15) is 18.8 Å². The van der Waals surface area contributed by atoms with Crippen LogP contribution < -0.4 is 10.6 Å². The Kier molecular flexibility index (Phi) is 6.93. The van der Waals surface area contributed by atoms with Crippen LogP contribution in [0.5, 0.6) is 0 Å². The fourth-order valence-electron chi connectivity index (χ4n) is 3.40. The molecule has 4 aromatic carbocycles. The topological polar surface area (TPSA) is 84.5 Å². The van der Waals surface area contributed by atoms with E-state index in [-0.39, 0.29) is 0 Å². The average molecular weight is 456 g/mol. The highest BCUT2D eigenvalue weighted by Crippen LogP contribution is 2.21. The van der Waals surface area contributed by atoms with Crippen LogP contribution in [0.3, 0.4) is 0 Å². The number of halogens is 1. The van der Waals surface area contributed by atoms with Crippen molar-refractivity contribution in [3.63, 3.8) is 0 Å². The van der Waals surface area contributed by atoms with Crippen molar-refractivity contribution in [2.75, 3.05) is 11.9 Å². The number of fused-ring (bicyclic) bond motifs is 1. The Morgan fingerprint density at radius 3 is 2.21 bits per heavy atom. The largest absolute Gasteiger partial charge is 0.446 e. The first-order valence-electron chi connectivity index (χ1n) is 10.6. The minimum atomic E-state index is -1.25. The van der Waals surface area contributed by atoms with Gasteiger partial charge in [0.25, 0.3) is 11.8 Å². The third-order valence-electron chi connectivity index (χ3n) is 5.11. The Hall–Kier alpha value is -4.52. The normalized spacial score (nSPS) is 11.4. The summed E-state index contributed by atoms with van der Waals surface area (Å²) in [6.07, 6.45) is -1.25. The number of rotatable bonds is 7. The predicted molar refractivity (Wildman–Crippen MR) is 127 cm³/mol. The second-order valence-electron chi connectivity index (χ2n) is 7.52. The zero-order valence-corrected chi connectivity index (χ0v) is 18.0. The van der Waals surface area contributed by atoms with Gasteiger partial charge in [-0.1, -0.05) is 60.7 Å². The number of anilines is 1. The van der Waals surface area contributed by atoms with E-state index in [1.165, 1.54) is 24.3 Å². The van der Waals surface area contributed by atoms with Gasteiger partial charge in [0.2, 0.25) is 6.10 Å². The van der Waals surface area contributed by atoms with Gasteiger partial charge in [-0.2, -0.15) is 0 Å². The van der Waals surface area contributed by atoms with E-state index in [0.717, 1.165) is 10.8 Å². The molecule has 34 heavy (non-hydrogen) atoms. The summed E-state index contributed by atoms with van der Waals surface area (Å²) in [5, 5.41) is 7.04. The van der Waals surface area contributed by atoms with Crippen molar-refractivity contribution in [2.45, 2.75) is 6.10 Å². The van der Waals surface area contributed by atoms with Gasteiger partial charge in [0.1, 0.15) is 12.4 Å². The summed E-state index contributed by atoms with van der Waals surface area (Å²) < 4.78 is 18.6. The Labute approximate surface area is 195 Å². The molecule has 6 nitrogen and oxygen atoms in total. The molecular weight excluding hydrogens is 435 g/mol. The molecular formula is C27H21FN2O4. The van der Waals surface area contributed by atoms with Crippen LogP contribution in [0.15, 0.2) is 97.1 Å². The van der Waals surface area contributed by atoms with E-state index in [2.05, 4.69) is 10.6 Å². The lowest BCUT2D eigenvalue weighted by molar-refractivity contribution is -0.153. The Morgan fingerprint density at radius 1 is 0.794 bits per heavy atom. The summed E-state index contributed by atoms with van der Waals surface area (Å²) >= 11 is 0. The van der Waals surface area contributed by atoms with Gasteiger partial charge in [0.05, 0.1) is 0 Å². The van der Waals surface area contributed by atoms with Gasteiger partial charge in [-0.15, -0.1) is 0 Å². The third kappa shape index (κ3) is 5.63. The standard InChI is InChI=1S/C27H21FN2O4/c28-22-12-14-23(15-13-22)30-27(33)25(19-7-2-1-3-8-19)34-24(31)17-29-26(32)21-11-10-18-6-4-5-9-20(18)16-21/h1-16,25H,17H2,(H,29,32)(H,30,33). The zero-order chi connectivity index (χ0) is 23.9. The van der Waals surface area contributed by atoms with Gasteiger partial charge in [0.15, 0.2) is 0 Å². The summed E-state index contributed by atoms with van der Waals surface area (Å²) in [5.74, 6) is -2.26. The molecule has 0 aliphatic rings. The fraction of sp³-hybridized carbons (Fsp3) is 0.0741. The molecule has 0 radical (unpaired) electrons. The maximum atomic E-state index is 13.2. The van der Waals surface area contributed by atoms with Crippen LogP contribution in [0.25, 0.3) is 10.8 Å². The number of esters is 1. The molecule has 0 fully saturated rings. The summed E-state index contributed by atoms with van der Waals surface area (Å²) in [7, 11) is 0. The second kappa shape index (κ2) is 10.4. The van der Waals surface area contributed by atoms with E-state index >= 15 is 0 Å². The Bertz CT molecular complexity index is 1320. The number of ether oxygens (including phenoxy) is 1. The molecule has 4 aromatic rings. The van der Waals surface area contributed by atoms with Crippen molar-refractivity contribution in [1.29, 1.82) is 0 Å². The maximum Gasteiger partial charge on any atom is 0.326 e. The van der Waals surface area contributed by atoms with E-state index in [4.69, 9.17) is 4.74 Å².